The van der Waals surface area contributed by atoms with Crippen LogP contribution in [-0.4, -0.2) is 31.0 Å². The topological polar surface area (TPSA) is 60.9 Å². The van der Waals surface area contributed by atoms with E-state index in [0.29, 0.717) is 5.56 Å². The zero-order valence-electron chi connectivity index (χ0n) is 19.6. The Morgan fingerprint density at radius 1 is 0.529 bits per heavy atom. The van der Waals surface area contributed by atoms with Crippen molar-refractivity contribution in [3.05, 3.63) is 120 Å². The van der Waals surface area contributed by atoms with Gasteiger partial charge in [0.1, 0.15) is 0 Å². The van der Waals surface area contributed by atoms with E-state index < -0.39 is 5.97 Å². The summed E-state index contributed by atoms with van der Waals surface area (Å²) >= 11 is 0. The first kappa shape index (κ1) is 24.3. The first-order valence-electron chi connectivity index (χ1n) is 10.9. The van der Waals surface area contributed by atoms with Gasteiger partial charge in [-0.15, -0.1) is 0 Å². The van der Waals surface area contributed by atoms with E-state index in [1.807, 2.05) is 91.8 Å². The van der Waals surface area contributed by atoms with Crippen molar-refractivity contribution in [1.29, 1.82) is 0 Å². The van der Waals surface area contributed by atoms with Crippen LogP contribution in [-0.2, 0) is 0 Å². The number of para-hydroxylation sites is 2. The number of benzene rings is 4. The van der Waals surface area contributed by atoms with Gasteiger partial charge in [-0.3, -0.25) is 4.79 Å². The fourth-order valence-electron chi connectivity index (χ4n) is 3.35. The Kier molecular flexibility index (Phi) is 8.19. The molecule has 0 unspecified atom stereocenters. The minimum Gasteiger partial charge on any atom is -0.478 e. The van der Waals surface area contributed by atoms with E-state index in [0.717, 1.165) is 28.3 Å². The van der Waals surface area contributed by atoms with Gasteiger partial charge in [0, 0.05) is 42.4 Å². The smallest absolute Gasteiger partial charge is 0.335 e. The third-order valence-electron chi connectivity index (χ3n) is 5.45. The fraction of sp³-hybridized carbons (Fsp3) is 0.103. The second-order valence-electron chi connectivity index (χ2n) is 7.74. The van der Waals surface area contributed by atoms with Crippen LogP contribution in [0.3, 0.4) is 0 Å². The zero-order valence-corrected chi connectivity index (χ0v) is 19.6. The lowest BCUT2D eigenvalue weighted by molar-refractivity contribution is 0.0696. The van der Waals surface area contributed by atoms with Crippen LogP contribution in [0, 0.1) is 0 Å². The fourth-order valence-corrected chi connectivity index (χ4v) is 3.35. The summed E-state index contributed by atoms with van der Waals surface area (Å²) in [5, 5.41) is 8.82. The number of rotatable bonds is 6. The molecular formula is C29H28N2O3. The minimum absolute atomic E-state index is 0.0962. The molecule has 5 heteroatoms. The van der Waals surface area contributed by atoms with Crippen molar-refractivity contribution in [3.63, 3.8) is 0 Å². The van der Waals surface area contributed by atoms with Crippen molar-refractivity contribution >= 4 is 34.5 Å². The summed E-state index contributed by atoms with van der Waals surface area (Å²) in [5.41, 5.74) is 5.27. The van der Waals surface area contributed by atoms with Crippen LogP contribution >= 0.6 is 0 Å². The van der Waals surface area contributed by atoms with Crippen LogP contribution in [0.5, 0.6) is 0 Å². The first-order chi connectivity index (χ1) is 16.4. The highest BCUT2D eigenvalue weighted by atomic mass is 16.4. The number of aromatic carboxylic acids is 1. The van der Waals surface area contributed by atoms with E-state index in [4.69, 9.17) is 5.11 Å². The van der Waals surface area contributed by atoms with Gasteiger partial charge in [-0.1, -0.05) is 36.4 Å². The van der Waals surface area contributed by atoms with Gasteiger partial charge in [-0.25, -0.2) is 4.79 Å². The van der Waals surface area contributed by atoms with Gasteiger partial charge in [-0.2, -0.15) is 0 Å². The lowest BCUT2D eigenvalue weighted by Gasteiger charge is -2.19. The molecule has 0 amide bonds. The maximum atomic E-state index is 11.2. The van der Waals surface area contributed by atoms with E-state index in [9.17, 15) is 9.59 Å². The van der Waals surface area contributed by atoms with Crippen molar-refractivity contribution in [2.24, 2.45) is 0 Å². The monoisotopic (exact) mass is 452 g/mol. The quantitative estimate of drug-likeness (QED) is 0.326. The molecule has 0 spiro atoms. The maximum absolute atomic E-state index is 11.2. The molecule has 4 rings (SSSR count). The van der Waals surface area contributed by atoms with Crippen LogP contribution in [0.1, 0.15) is 27.6 Å². The van der Waals surface area contributed by atoms with E-state index in [-0.39, 0.29) is 5.78 Å². The summed E-state index contributed by atoms with van der Waals surface area (Å²) in [5.74, 6) is -0.808. The predicted molar refractivity (Wildman–Crippen MR) is 139 cm³/mol. The van der Waals surface area contributed by atoms with Crippen LogP contribution < -0.4 is 9.80 Å². The third-order valence-corrected chi connectivity index (χ3v) is 5.45. The number of carboxylic acids is 1. The summed E-state index contributed by atoms with van der Waals surface area (Å²) in [4.78, 5) is 26.0. The largest absolute Gasteiger partial charge is 0.478 e. The SMILES string of the molecule is CC(=O)c1ccc(N(C)c2ccccc2)cc1.CN(c1ccccc1)c1ccc(C(=O)O)cc1. The van der Waals surface area contributed by atoms with Crippen molar-refractivity contribution in [1.82, 2.24) is 0 Å². The molecule has 0 radical (unpaired) electrons. The second kappa shape index (κ2) is 11.5. The molecule has 0 atom stereocenters. The number of nitrogens with zero attached hydrogens (tertiary/aromatic N) is 2. The van der Waals surface area contributed by atoms with Gasteiger partial charge in [0.25, 0.3) is 0 Å². The highest BCUT2D eigenvalue weighted by molar-refractivity contribution is 5.94. The normalized spacial score (nSPS) is 9.97. The van der Waals surface area contributed by atoms with Gasteiger partial charge in [-0.05, 0) is 79.7 Å². The Morgan fingerprint density at radius 3 is 1.18 bits per heavy atom. The van der Waals surface area contributed by atoms with Gasteiger partial charge < -0.3 is 14.9 Å². The van der Waals surface area contributed by atoms with Crippen molar-refractivity contribution in [2.75, 3.05) is 23.9 Å². The predicted octanol–water partition coefficient (Wildman–Crippen LogP) is 6.81. The maximum Gasteiger partial charge on any atom is 0.335 e. The molecule has 4 aromatic rings. The Labute approximate surface area is 200 Å². The lowest BCUT2D eigenvalue weighted by atomic mass is 10.1. The first-order valence-corrected chi connectivity index (χ1v) is 10.9. The summed E-state index contributed by atoms with van der Waals surface area (Å²) < 4.78 is 0. The summed E-state index contributed by atoms with van der Waals surface area (Å²) in [6.45, 7) is 1.58. The molecule has 1 N–H and O–H groups in total. The number of hydrogen-bond donors (Lipinski definition) is 1. The molecule has 0 fully saturated rings. The number of carbonyl (C=O) groups is 2. The highest BCUT2D eigenvalue weighted by Gasteiger charge is 2.06. The van der Waals surface area contributed by atoms with Crippen LogP contribution in [0.2, 0.25) is 0 Å². The molecular weight excluding hydrogens is 424 g/mol. The lowest BCUT2D eigenvalue weighted by Crippen LogP contribution is -2.09. The molecule has 172 valence electrons. The molecule has 0 aliphatic rings. The molecule has 4 aromatic carbocycles. The van der Waals surface area contributed by atoms with Crippen LogP contribution in [0.25, 0.3) is 0 Å². The molecule has 0 aliphatic carbocycles. The van der Waals surface area contributed by atoms with Crippen LogP contribution in [0.4, 0.5) is 22.7 Å². The van der Waals surface area contributed by atoms with E-state index in [1.165, 1.54) is 0 Å². The second-order valence-corrected chi connectivity index (χ2v) is 7.74. The van der Waals surface area contributed by atoms with E-state index >= 15 is 0 Å². The Hall–Kier alpha value is -4.38. The minimum atomic E-state index is -0.904. The molecule has 0 aromatic heterocycles. The van der Waals surface area contributed by atoms with Gasteiger partial charge in [0.05, 0.1) is 5.56 Å². The number of carbonyl (C=O) groups excluding carboxylic acids is 1. The van der Waals surface area contributed by atoms with Gasteiger partial charge >= 0.3 is 5.97 Å². The van der Waals surface area contributed by atoms with E-state index in [2.05, 4.69) is 17.0 Å². The molecule has 0 heterocycles. The molecule has 0 saturated carbocycles. The zero-order chi connectivity index (χ0) is 24.5. The average Bonchev–Trinajstić information content (AvgIpc) is 2.89. The Morgan fingerprint density at radius 2 is 0.853 bits per heavy atom. The molecule has 0 saturated heterocycles. The molecule has 34 heavy (non-hydrogen) atoms. The average molecular weight is 453 g/mol. The Balaban J connectivity index is 0.000000191. The number of hydrogen-bond acceptors (Lipinski definition) is 4. The third kappa shape index (κ3) is 6.33. The summed E-state index contributed by atoms with van der Waals surface area (Å²) in [7, 11) is 3.96. The standard InChI is InChI=1S/C15H15NO.C14H13NO2/c1-12(17)13-8-10-15(11-9-13)16(2)14-6-4-3-5-7-14;1-15(12-5-3-2-4-6-12)13-9-7-11(8-10-13)14(16)17/h3-11H,1-2H3;2-10H,1H3,(H,16,17). The van der Waals surface area contributed by atoms with E-state index in [1.54, 1.807) is 31.2 Å². The highest BCUT2D eigenvalue weighted by Crippen LogP contribution is 2.24. The molecule has 0 aliphatic heterocycles. The number of carboxylic acid groups (broad SMARTS) is 1. The van der Waals surface area contributed by atoms with Gasteiger partial charge in [0.2, 0.25) is 0 Å². The summed E-state index contributed by atoms with van der Waals surface area (Å²) in [6.07, 6.45) is 0. The summed E-state index contributed by atoms with van der Waals surface area (Å²) in [6, 6.07) is 34.5. The molecule has 5 nitrogen and oxygen atoms in total. The van der Waals surface area contributed by atoms with Crippen molar-refractivity contribution in [3.8, 4) is 0 Å². The van der Waals surface area contributed by atoms with Gasteiger partial charge in [0.15, 0.2) is 5.78 Å². The number of ketones is 1. The Bertz CT molecular complexity index is 1110. The van der Waals surface area contributed by atoms with Crippen molar-refractivity contribution in [2.45, 2.75) is 6.92 Å². The number of anilines is 4. The van der Waals surface area contributed by atoms with Crippen LogP contribution in [0.15, 0.2) is 109 Å². The molecule has 0 bridgehead atoms. The number of Topliss-reactive ketones (excluding diaryl/α,β-unsaturated/α-hetero) is 1. The van der Waals surface area contributed by atoms with Crippen molar-refractivity contribution < 1.29 is 14.7 Å².